The van der Waals surface area contributed by atoms with Gasteiger partial charge in [-0.25, -0.2) is 0 Å². The number of alkyl halides is 2. The largest absolute Gasteiger partial charge is 0.378 e. The molecule has 0 aromatic rings. The highest BCUT2D eigenvalue weighted by Gasteiger charge is 2.66. The number of morpholine rings is 1. The van der Waals surface area contributed by atoms with E-state index in [0.717, 1.165) is 6.42 Å². The molecule has 2 aliphatic heterocycles. The van der Waals surface area contributed by atoms with Crippen molar-refractivity contribution in [1.29, 1.82) is 0 Å². The fourth-order valence-corrected chi connectivity index (χ4v) is 6.49. The van der Waals surface area contributed by atoms with E-state index in [4.69, 9.17) is 4.74 Å². The van der Waals surface area contributed by atoms with Gasteiger partial charge in [-0.1, -0.05) is 31.9 Å². The lowest BCUT2D eigenvalue weighted by Gasteiger charge is -2.28. The number of fused-ring (bicyclic) bond motifs is 5. The van der Waals surface area contributed by atoms with E-state index < -0.39 is 0 Å². The van der Waals surface area contributed by atoms with Crippen LogP contribution in [0.15, 0.2) is 0 Å². The van der Waals surface area contributed by atoms with E-state index in [1.165, 1.54) is 4.90 Å². The molecule has 23 heavy (non-hydrogen) atoms. The third-order valence-electron chi connectivity index (χ3n) is 5.74. The van der Waals surface area contributed by atoms with E-state index >= 15 is 0 Å². The first-order valence-corrected chi connectivity index (χ1v) is 9.82. The monoisotopic (exact) mass is 448 g/mol. The van der Waals surface area contributed by atoms with Crippen LogP contribution in [-0.4, -0.2) is 70.0 Å². The van der Waals surface area contributed by atoms with Crippen molar-refractivity contribution in [2.75, 3.05) is 32.8 Å². The highest BCUT2D eigenvalue weighted by Crippen LogP contribution is 2.60. The molecule has 0 unspecified atom stereocenters. The fraction of sp³-hybridized carbons (Fsp3) is 0.800. The van der Waals surface area contributed by atoms with Crippen LogP contribution in [-0.2, 0) is 19.1 Å². The van der Waals surface area contributed by atoms with Crippen LogP contribution < -0.4 is 0 Å². The number of imide groups is 1. The lowest BCUT2D eigenvalue weighted by molar-refractivity contribution is -0.148. The van der Waals surface area contributed by atoms with Crippen LogP contribution in [0, 0.1) is 23.7 Å². The molecule has 6 nitrogen and oxygen atoms in total. The number of rotatable bonds is 2. The van der Waals surface area contributed by atoms with Crippen molar-refractivity contribution >= 4 is 49.6 Å². The number of carbonyl (C=O) groups excluding carboxylic acids is 3. The van der Waals surface area contributed by atoms with Crippen LogP contribution in [0.25, 0.3) is 0 Å². The number of nitrogens with zero attached hydrogens (tertiary/aromatic N) is 2. The Balaban J connectivity index is 1.50. The van der Waals surface area contributed by atoms with Crippen LogP contribution >= 0.6 is 31.9 Å². The van der Waals surface area contributed by atoms with Crippen molar-refractivity contribution in [3.63, 3.8) is 0 Å². The van der Waals surface area contributed by atoms with Gasteiger partial charge in [-0.05, 0) is 18.3 Å². The van der Waals surface area contributed by atoms with E-state index in [-0.39, 0.29) is 57.6 Å². The zero-order valence-electron chi connectivity index (χ0n) is 12.5. The van der Waals surface area contributed by atoms with Gasteiger partial charge in [-0.3, -0.25) is 19.3 Å². The number of likely N-dealkylation sites (tertiary alicyclic amines) is 1. The maximum atomic E-state index is 12.7. The highest BCUT2D eigenvalue weighted by atomic mass is 79.9. The predicted octanol–water partition coefficient (Wildman–Crippen LogP) is 0.623. The molecule has 4 aliphatic rings. The molecule has 126 valence electrons. The molecule has 6 atom stereocenters. The van der Waals surface area contributed by atoms with Gasteiger partial charge in [0.2, 0.25) is 17.7 Å². The molecular weight excluding hydrogens is 432 g/mol. The van der Waals surface area contributed by atoms with Crippen LogP contribution in [0.5, 0.6) is 0 Å². The summed E-state index contributed by atoms with van der Waals surface area (Å²) >= 11 is 7.32. The zero-order chi connectivity index (χ0) is 16.3. The van der Waals surface area contributed by atoms with Crippen molar-refractivity contribution in [2.45, 2.75) is 16.1 Å². The van der Waals surface area contributed by atoms with Crippen molar-refractivity contribution in [1.82, 2.24) is 9.80 Å². The van der Waals surface area contributed by atoms with Crippen LogP contribution in [0.1, 0.15) is 6.42 Å². The van der Waals surface area contributed by atoms with Crippen molar-refractivity contribution in [3.05, 3.63) is 0 Å². The Morgan fingerprint density at radius 3 is 2.09 bits per heavy atom. The summed E-state index contributed by atoms with van der Waals surface area (Å²) in [5.74, 6) is -0.584. The highest BCUT2D eigenvalue weighted by molar-refractivity contribution is 9.12. The zero-order valence-corrected chi connectivity index (χ0v) is 15.7. The first kappa shape index (κ1) is 16.0. The Hall–Kier alpha value is -0.470. The summed E-state index contributed by atoms with van der Waals surface area (Å²) in [5.41, 5.74) is 0. The number of hydrogen-bond donors (Lipinski definition) is 0. The molecular formula is C15H18Br2N2O4. The van der Waals surface area contributed by atoms with E-state index in [1.54, 1.807) is 4.90 Å². The van der Waals surface area contributed by atoms with E-state index in [0.29, 0.717) is 26.3 Å². The smallest absolute Gasteiger partial charge is 0.242 e. The summed E-state index contributed by atoms with van der Waals surface area (Å²) in [6.07, 6.45) is 0.907. The van der Waals surface area contributed by atoms with Gasteiger partial charge >= 0.3 is 0 Å². The maximum Gasteiger partial charge on any atom is 0.242 e. The third-order valence-corrected chi connectivity index (χ3v) is 8.94. The van der Waals surface area contributed by atoms with Gasteiger partial charge in [0, 0.05) is 22.7 Å². The minimum atomic E-state index is -0.247. The molecule has 2 heterocycles. The summed E-state index contributed by atoms with van der Waals surface area (Å²) in [7, 11) is 0. The number of amides is 3. The Labute approximate surface area is 151 Å². The third kappa shape index (κ3) is 2.32. The maximum absolute atomic E-state index is 12.7. The topological polar surface area (TPSA) is 66.9 Å². The van der Waals surface area contributed by atoms with Crippen LogP contribution in [0.2, 0.25) is 0 Å². The average molecular weight is 450 g/mol. The standard InChI is InChI=1S/C15H18Br2N2O4/c16-12-7-5-8(13(12)17)11-10(7)14(21)19(15(11)22)6-9(20)18-1-3-23-4-2-18/h7-8,10-13H,1-6H2/t7-,8-,10-,11-,12-,13+/m0/s1. The molecule has 4 rings (SSSR count). The molecule has 2 aliphatic carbocycles. The molecule has 0 spiro atoms. The van der Waals surface area contributed by atoms with Crippen molar-refractivity contribution < 1.29 is 19.1 Å². The normalized spacial score (nSPS) is 42.5. The van der Waals surface area contributed by atoms with Gasteiger partial charge < -0.3 is 9.64 Å². The Morgan fingerprint density at radius 1 is 1.04 bits per heavy atom. The minimum absolute atomic E-state index is 0.121. The summed E-state index contributed by atoms with van der Waals surface area (Å²) in [5, 5.41) is 0. The van der Waals surface area contributed by atoms with E-state index in [1.807, 2.05) is 0 Å². The van der Waals surface area contributed by atoms with Crippen LogP contribution in [0.3, 0.4) is 0 Å². The molecule has 2 bridgehead atoms. The number of ether oxygens (including phenoxy) is 1. The minimum Gasteiger partial charge on any atom is -0.378 e. The quantitative estimate of drug-likeness (QED) is 0.458. The Morgan fingerprint density at radius 2 is 1.57 bits per heavy atom. The number of halogens is 2. The Bertz CT molecular complexity index is 534. The van der Waals surface area contributed by atoms with E-state index in [9.17, 15) is 14.4 Å². The lowest BCUT2D eigenvalue weighted by atomic mass is 9.81. The predicted molar refractivity (Wildman–Crippen MR) is 88.1 cm³/mol. The summed E-state index contributed by atoms with van der Waals surface area (Å²) in [4.78, 5) is 41.2. The summed E-state index contributed by atoms with van der Waals surface area (Å²) in [6, 6.07) is 0. The molecule has 2 saturated carbocycles. The molecule has 0 aromatic heterocycles. The molecule has 4 fully saturated rings. The van der Waals surface area contributed by atoms with E-state index in [2.05, 4.69) is 31.9 Å². The second kappa shape index (κ2) is 5.81. The van der Waals surface area contributed by atoms with Gasteiger partial charge in [0.1, 0.15) is 6.54 Å². The second-order valence-corrected chi connectivity index (χ2v) is 8.87. The Kier molecular flexibility index (Phi) is 4.05. The number of hydrogen-bond acceptors (Lipinski definition) is 4. The SMILES string of the molecule is O=C(CN1C(=O)[C@H]2[C@@H]3C[C@H]([C@@H](Br)[C@H]3Br)[C@@H]2C1=O)N1CCOCC1. The van der Waals surface area contributed by atoms with Crippen molar-refractivity contribution in [2.24, 2.45) is 23.7 Å². The van der Waals surface area contributed by atoms with Gasteiger partial charge in [-0.2, -0.15) is 0 Å². The lowest BCUT2D eigenvalue weighted by Crippen LogP contribution is -2.47. The summed E-state index contributed by atoms with van der Waals surface area (Å²) < 4.78 is 5.23. The fourth-order valence-electron chi connectivity index (χ4n) is 4.61. The van der Waals surface area contributed by atoms with Gasteiger partial charge in [0.25, 0.3) is 0 Å². The molecule has 0 radical (unpaired) electrons. The first-order chi connectivity index (χ1) is 11.0. The van der Waals surface area contributed by atoms with Gasteiger partial charge in [0.05, 0.1) is 25.0 Å². The molecule has 3 amide bonds. The molecule has 0 N–H and O–H groups in total. The molecule has 0 aromatic carbocycles. The van der Waals surface area contributed by atoms with Crippen LogP contribution in [0.4, 0.5) is 0 Å². The average Bonchev–Trinajstić information content (AvgIpc) is 3.16. The van der Waals surface area contributed by atoms with Gasteiger partial charge in [-0.15, -0.1) is 0 Å². The number of carbonyl (C=O) groups is 3. The van der Waals surface area contributed by atoms with Gasteiger partial charge in [0.15, 0.2) is 0 Å². The van der Waals surface area contributed by atoms with Crippen molar-refractivity contribution in [3.8, 4) is 0 Å². The molecule has 8 heteroatoms. The summed E-state index contributed by atoms with van der Waals surface area (Å²) in [6.45, 7) is 1.96. The second-order valence-electron chi connectivity index (χ2n) is 6.76. The molecule has 2 saturated heterocycles. The first-order valence-electron chi connectivity index (χ1n) is 7.99.